The van der Waals surface area contributed by atoms with Gasteiger partial charge < -0.3 is 5.32 Å². The summed E-state index contributed by atoms with van der Waals surface area (Å²) in [5.41, 5.74) is 3.09. The van der Waals surface area contributed by atoms with Crippen LogP contribution >= 0.6 is 11.3 Å². The predicted molar refractivity (Wildman–Crippen MR) is 93.8 cm³/mol. The van der Waals surface area contributed by atoms with Gasteiger partial charge in [-0.25, -0.2) is 0 Å². The minimum absolute atomic E-state index is 0.175. The van der Waals surface area contributed by atoms with E-state index in [9.17, 15) is 4.79 Å². The van der Waals surface area contributed by atoms with Gasteiger partial charge in [0.1, 0.15) is 5.51 Å². The maximum Gasteiger partial charge on any atom is 0.232 e. The zero-order valence-corrected chi connectivity index (χ0v) is 14.4. The third-order valence-corrected chi connectivity index (χ3v) is 7.12. The molecule has 6 rings (SSSR count). The summed E-state index contributed by atoms with van der Waals surface area (Å²) in [6, 6.07) is 10.9. The summed E-state index contributed by atoms with van der Waals surface area (Å²) in [6.45, 7) is 0. The molecule has 4 nitrogen and oxygen atoms in total. The molecule has 4 bridgehead atoms. The Morgan fingerprint density at radius 2 is 1.88 bits per heavy atom. The summed E-state index contributed by atoms with van der Waals surface area (Å²) >= 11 is 1.40. The molecule has 1 N–H and O–H groups in total. The van der Waals surface area contributed by atoms with E-state index in [1.54, 1.807) is 5.51 Å². The van der Waals surface area contributed by atoms with E-state index in [-0.39, 0.29) is 16.7 Å². The summed E-state index contributed by atoms with van der Waals surface area (Å²) in [7, 11) is 0. The Balaban J connectivity index is 1.50. The molecule has 124 valence electrons. The molecule has 24 heavy (non-hydrogen) atoms. The van der Waals surface area contributed by atoms with Gasteiger partial charge in [0.2, 0.25) is 11.0 Å². The van der Waals surface area contributed by atoms with Crippen molar-refractivity contribution < 1.29 is 4.79 Å². The monoisotopic (exact) mass is 339 g/mol. The van der Waals surface area contributed by atoms with Crippen molar-refractivity contribution in [3.05, 3.63) is 41.4 Å². The quantitative estimate of drug-likeness (QED) is 0.919. The first-order valence-corrected chi connectivity index (χ1v) is 9.69. The van der Waals surface area contributed by atoms with Crippen molar-refractivity contribution >= 4 is 22.4 Å². The Morgan fingerprint density at radius 3 is 2.54 bits per heavy atom. The average molecular weight is 339 g/mol. The van der Waals surface area contributed by atoms with Gasteiger partial charge in [0.15, 0.2) is 0 Å². The molecule has 1 heterocycles. The number of amides is 1. The number of nitrogens with one attached hydrogen (secondary N) is 1. The van der Waals surface area contributed by atoms with E-state index in [1.807, 2.05) is 0 Å². The first-order valence-electron chi connectivity index (χ1n) is 8.81. The topological polar surface area (TPSA) is 54.9 Å². The van der Waals surface area contributed by atoms with Crippen LogP contribution in [0, 0.1) is 17.3 Å². The van der Waals surface area contributed by atoms with Gasteiger partial charge in [-0.05, 0) is 61.3 Å². The lowest BCUT2D eigenvalue weighted by atomic mass is 9.42. The zero-order chi connectivity index (χ0) is 16.2. The van der Waals surface area contributed by atoms with Gasteiger partial charge in [-0.1, -0.05) is 41.7 Å². The molecule has 2 aromatic rings. The van der Waals surface area contributed by atoms with Crippen molar-refractivity contribution in [2.45, 2.75) is 43.9 Å². The molecular formula is C19H21N3OS. The van der Waals surface area contributed by atoms with Crippen LogP contribution in [0.5, 0.6) is 0 Å². The molecule has 4 aliphatic rings. The standard InChI is InChI=1S/C19H21N3OS/c23-16(21-17-22-20-12-24-17)19-9-13-6-14(10-19)8-18(7-13,11-19)15-4-2-1-3-5-15/h1-5,12-14H,6-11H2,(H,21,22,23). The zero-order valence-electron chi connectivity index (χ0n) is 13.6. The van der Waals surface area contributed by atoms with Gasteiger partial charge in [0, 0.05) is 0 Å². The van der Waals surface area contributed by atoms with Crippen LogP contribution in [0.25, 0.3) is 0 Å². The highest BCUT2D eigenvalue weighted by atomic mass is 32.1. The minimum atomic E-state index is -0.217. The normalized spacial score (nSPS) is 36.7. The summed E-state index contributed by atoms with van der Waals surface area (Å²) in [5.74, 6) is 1.55. The summed E-state index contributed by atoms with van der Waals surface area (Å²) in [6.07, 6.45) is 6.89. The fraction of sp³-hybridized carbons (Fsp3) is 0.526. The third-order valence-electron chi connectivity index (χ3n) is 6.51. The first-order chi connectivity index (χ1) is 11.7. The molecule has 2 unspecified atom stereocenters. The highest BCUT2D eigenvalue weighted by Crippen LogP contribution is 2.65. The van der Waals surface area contributed by atoms with Gasteiger partial charge in [-0.2, -0.15) is 0 Å². The fourth-order valence-electron chi connectivity index (χ4n) is 6.11. The lowest BCUT2D eigenvalue weighted by molar-refractivity contribution is -0.143. The first kappa shape index (κ1) is 14.6. The van der Waals surface area contributed by atoms with Gasteiger partial charge in [0.05, 0.1) is 5.41 Å². The van der Waals surface area contributed by atoms with Crippen molar-refractivity contribution in [2.75, 3.05) is 5.32 Å². The third kappa shape index (κ3) is 2.14. The van der Waals surface area contributed by atoms with Crippen LogP contribution in [0.15, 0.2) is 35.8 Å². The van der Waals surface area contributed by atoms with Crippen LogP contribution < -0.4 is 5.32 Å². The Bertz CT molecular complexity index is 744. The number of hydrogen-bond acceptors (Lipinski definition) is 4. The van der Waals surface area contributed by atoms with E-state index >= 15 is 0 Å². The van der Waals surface area contributed by atoms with Crippen LogP contribution in [-0.4, -0.2) is 16.1 Å². The van der Waals surface area contributed by atoms with Crippen molar-refractivity contribution in [3.8, 4) is 0 Å². The fourth-order valence-corrected chi connectivity index (χ4v) is 6.55. The van der Waals surface area contributed by atoms with E-state index in [0.717, 1.165) is 19.3 Å². The lowest BCUT2D eigenvalue weighted by Gasteiger charge is -2.61. The largest absolute Gasteiger partial charge is 0.300 e. The maximum atomic E-state index is 13.2. The van der Waals surface area contributed by atoms with Gasteiger partial charge in [-0.15, -0.1) is 10.2 Å². The van der Waals surface area contributed by atoms with Crippen LogP contribution in [0.4, 0.5) is 5.13 Å². The number of rotatable bonds is 3. The molecule has 0 radical (unpaired) electrons. The number of carbonyl (C=O) groups excluding carboxylic acids is 1. The van der Waals surface area contributed by atoms with Crippen molar-refractivity contribution in [2.24, 2.45) is 17.3 Å². The minimum Gasteiger partial charge on any atom is -0.300 e. The van der Waals surface area contributed by atoms with Gasteiger partial charge in [-0.3, -0.25) is 4.79 Å². The van der Waals surface area contributed by atoms with Crippen molar-refractivity contribution in [1.82, 2.24) is 10.2 Å². The molecule has 0 aliphatic heterocycles. The number of aromatic nitrogens is 2. The number of nitrogens with zero attached hydrogens (tertiary/aromatic N) is 2. The second-order valence-electron chi connectivity index (χ2n) is 8.09. The van der Waals surface area contributed by atoms with Crippen LogP contribution in [-0.2, 0) is 10.2 Å². The molecule has 4 saturated carbocycles. The SMILES string of the molecule is O=C(Nc1nncs1)C12CC3CC(C1)CC(c1ccccc1)(C3)C2. The van der Waals surface area contributed by atoms with Crippen molar-refractivity contribution in [1.29, 1.82) is 0 Å². The number of carbonyl (C=O) groups is 1. The second-order valence-corrected chi connectivity index (χ2v) is 8.92. The Morgan fingerprint density at radius 1 is 1.12 bits per heavy atom. The molecule has 2 atom stereocenters. The van der Waals surface area contributed by atoms with Gasteiger partial charge in [0.25, 0.3) is 0 Å². The molecule has 1 aromatic heterocycles. The summed E-state index contributed by atoms with van der Waals surface area (Å²) in [4.78, 5) is 13.2. The smallest absolute Gasteiger partial charge is 0.232 e. The Labute approximate surface area is 145 Å². The summed E-state index contributed by atoms with van der Waals surface area (Å²) in [5, 5.41) is 11.5. The molecule has 0 saturated heterocycles. The molecule has 4 fully saturated rings. The average Bonchev–Trinajstić information content (AvgIpc) is 3.07. The number of hydrogen-bond donors (Lipinski definition) is 1. The highest BCUT2D eigenvalue weighted by molar-refractivity contribution is 7.13. The van der Waals surface area contributed by atoms with E-state index in [2.05, 4.69) is 45.8 Å². The van der Waals surface area contributed by atoms with E-state index < -0.39 is 0 Å². The van der Waals surface area contributed by atoms with E-state index in [1.165, 1.54) is 36.2 Å². The molecule has 1 amide bonds. The van der Waals surface area contributed by atoms with E-state index in [0.29, 0.717) is 17.0 Å². The maximum absolute atomic E-state index is 13.2. The highest BCUT2D eigenvalue weighted by Gasteiger charge is 2.60. The second kappa shape index (κ2) is 5.12. The van der Waals surface area contributed by atoms with Crippen molar-refractivity contribution in [3.63, 3.8) is 0 Å². The molecule has 0 spiro atoms. The number of benzene rings is 1. The molecule has 5 heteroatoms. The molecular weight excluding hydrogens is 318 g/mol. The predicted octanol–water partition coefficient (Wildman–Crippen LogP) is 4.01. The number of anilines is 1. The lowest BCUT2D eigenvalue weighted by Crippen LogP contribution is -2.57. The summed E-state index contributed by atoms with van der Waals surface area (Å²) < 4.78 is 0. The Hall–Kier alpha value is -1.75. The van der Waals surface area contributed by atoms with E-state index in [4.69, 9.17) is 0 Å². The van der Waals surface area contributed by atoms with Crippen LogP contribution in [0.2, 0.25) is 0 Å². The van der Waals surface area contributed by atoms with Gasteiger partial charge >= 0.3 is 0 Å². The molecule has 1 aromatic carbocycles. The van der Waals surface area contributed by atoms with Crippen LogP contribution in [0.3, 0.4) is 0 Å². The Kier molecular flexibility index (Phi) is 3.11. The van der Waals surface area contributed by atoms with Crippen LogP contribution in [0.1, 0.15) is 44.1 Å². The molecule has 4 aliphatic carbocycles.